The first kappa shape index (κ1) is 24.6. The maximum absolute atomic E-state index is 11.9. The lowest BCUT2D eigenvalue weighted by molar-refractivity contribution is -0.111. The highest BCUT2D eigenvalue weighted by molar-refractivity contribution is 6.41. The van der Waals surface area contributed by atoms with E-state index in [1.165, 1.54) is 19.3 Å². The zero-order valence-corrected chi connectivity index (χ0v) is 20.9. The molecule has 4 rings (SSSR count). The van der Waals surface area contributed by atoms with E-state index < -0.39 is 0 Å². The Kier molecular flexibility index (Phi) is 7.03. The fourth-order valence-corrected chi connectivity index (χ4v) is 4.47. The Labute approximate surface area is 216 Å². The van der Waals surface area contributed by atoms with Crippen LogP contribution in [0, 0.1) is 6.92 Å². The van der Waals surface area contributed by atoms with E-state index in [0.29, 0.717) is 44.7 Å². The molecule has 10 heteroatoms. The van der Waals surface area contributed by atoms with Crippen molar-refractivity contribution in [2.45, 2.75) is 6.92 Å². The number of hydrogen-bond donors (Lipinski definition) is 3. The van der Waals surface area contributed by atoms with Gasteiger partial charge in [0.15, 0.2) is 0 Å². The number of benzene rings is 3. The third kappa shape index (κ3) is 4.98. The van der Waals surface area contributed by atoms with Crippen LogP contribution >= 0.6 is 34.8 Å². The Morgan fingerprint density at radius 2 is 1.91 bits per heavy atom. The Bertz CT molecular complexity index is 1490. The summed E-state index contributed by atoms with van der Waals surface area (Å²) in [7, 11) is 1.46. The number of halogens is 3. The predicted molar refractivity (Wildman–Crippen MR) is 142 cm³/mol. The van der Waals surface area contributed by atoms with Gasteiger partial charge in [-0.2, -0.15) is 0 Å². The summed E-state index contributed by atoms with van der Waals surface area (Å²) in [4.78, 5) is 20.9. The van der Waals surface area contributed by atoms with Crippen molar-refractivity contribution in [3.8, 4) is 22.6 Å². The number of methoxy groups -OCH3 is 1. The lowest BCUT2D eigenvalue weighted by Crippen LogP contribution is -2.10. The number of aryl methyl sites for hydroxylation is 1. The van der Waals surface area contributed by atoms with Gasteiger partial charge in [-0.15, -0.1) is 0 Å². The van der Waals surface area contributed by atoms with E-state index >= 15 is 0 Å². The smallest absolute Gasteiger partial charge is 0.247 e. The van der Waals surface area contributed by atoms with Crippen molar-refractivity contribution in [2.75, 3.05) is 17.7 Å². The van der Waals surface area contributed by atoms with E-state index in [1.54, 1.807) is 30.5 Å². The summed E-state index contributed by atoms with van der Waals surface area (Å²) in [6.07, 6.45) is 2.81. The third-order valence-electron chi connectivity index (χ3n) is 5.22. The number of carbonyl (C=O) groups excluding carboxylic acids is 1. The van der Waals surface area contributed by atoms with Crippen molar-refractivity contribution in [3.05, 3.63) is 75.9 Å². The number of aromatic hydroxyl groups is 1. The van der Waals surface area contributed by atoms with Crippen LogP contribution in [0.25, 0.3) is 22.0 Å². The van der Waals surface area contributed by atoms with Crippen LogP contribution < -0.4 is 15.4 Å². The van der Waals surface area contributed by atoms with Gasteiger partial charge < -0.3 is 20.5 Å². The van der Waals surface area contributed by atoms with Gasteiger partial charge in [0.05, 0.1) is 34.0 Å². The molecule has 35 heavy (non-hydrogen) atoms. The summed E-state index contributed by atoms with van der Waals surface area (Å²) < 4.78 is 5.24. The molecule has 1 amide bonds. The maximum Gasteiger partial charge on any atom is 0.247 e. The van der Waals surface area contributed by atoms with Crippen LogP contribution in [0.5, 0.6) is 11.5 Å². The minimum Gasteiger partial charge on any atom is -0.506 e. The number of phenols is 1. The number of hydrogen-bond acceptors (Lipinski definition) is 6. The molecule has 0 saturated heterocycles. The zero-order valence-electron chi connectivity index (χ0n) is 18.6. The fourth-order valence-electron chi connectivity index (χ4n) is 3.55. The Balaban J connectivity index is 1.73. The van der Waals surface area contributed by atoms with Crippen molar-refractivity contribution in [3.63, 3.8) is 0 Å². The largest absolute Gasteiger partial charge is 0.506 e. The average Bonchev–Trinajstić information content (AvgIpc) is 2.83. The first-order chi connectivity index (χ1) is 16.7. The highest BCUT2D eigenvalue weighted by atomic mass is 35.5. The molecule has 7 nitrogen and oxygen atoms in total. The number of nitrogens with zero attached hydrogens (tertiary/aromatic N) is 2. The van der Waals surface area contributed by atoms with Crippen molar-refractivity contribution < 1.29 is 14.6 Å². The fraction of sp³-hybridized carbons (Fsp3) is 0.0800. The zero-order chi connectivity index (χ0) is 25.3. The van der Waals surface area contributed by atoms with Gasteiger partial charge in [-0.25, -0.2) is 9.97 Å². The molecule has 0 fully saturated rings. The molecular weight excluding hydrogens is 511 g/mol. The van der Waals surface area contributed by atoms with Crippen molar-refractivity contribution in [1.29, 1.82) is 0 Å². The van der Waals surface area contributed by atoms with E-state index in [9.17, 15) is 9.90 Å². The highest BCUT2D eigenvalue weighted by Crippen LogP contribution is 2.46. The molecule has 0 saturated carbocycles. The van der Waals surface area contributed by atoms with Gasteiger partial charge in [-0.05, 0) is 48.4 Å². The molecule has 0 aliphatic carbocycles. The number of anilines is 3. The van der Waals surface area contributed by atoms with Crippen LogP contribution in [-0.4, -0.2) is 28.1 Å². The van der Waals surface area contributed by atoms with Crippen LogP contribution in [0.2, 0.25) is 15.1 Å². The molecule has 1 heterocycles. The van der Waals surface area contributed by atoms with Crippen LogP contribution in [-0.2, 0) is 4.79 Å². The van der Waals surface area contributed by atoms with E-state index in [1.807, 2.05) is 13.0 Å². The standard InChI is InChI=1S/C25H19Cl3N4O3/c1-4-20(34)30-17-9-15(26)7-12(2)24(17)32-25-29-11-14-8-13(5-6-16(14)31-25)21-22(27)18(33)10-19(35-3)23(21)28/h4-11,33H,1H2,2-3H3,(H,30,34)(H,29,31,32). The predicted octanol–water partition coefficient (Wildman–Crippen LogP) is 7.15. The number of rotatable bonds is 6. The summed E-state index contributed by atoms with van der Waals surface area (Å²) in [5, 5.41) is 17.6. The topological polar surface area (TPSA) is 96.4 Å². The molecule has 0 aliphatic heterocycles. The summed E-state index contributed by atoms with van der Waals surface area (Å²) in [5.74, 6) is 0.107. The number of fused-ring (bicyclic) bond motifs is 1. The summed E-state index contributed by atoms with van der Waals surface area (Å²) in [6, 6.07) is 10.1. The van der Waals surface area contributed by atoms with Gasteiger partial charge in [-0.3, -0.25) is 4.79 Å². The Hall–Kier alpha value is -3.52. The van der Waals surface area contributed by atoms with E-state index in [0.717, 1.165) is 10.9 Å². The first-order valence-corrected chi connectivity index (χ1v) is 11.4. The van der Waals surface area contributed by atoms with E-state index in [2.05, 4.69) is 27.2 Å². The normalized spacial score (nSPS) is 10.8. The van der Waals surface area contributed by atoms with Gasteiger partial charge >= 0.3 is 0 Å². The number of phenolic OH excluding ortho intramolecular Hbond substituents is 1. The summed E-state index contributed by atoms with van der Waals surface area (Å²) in [6.45, 7) is 5.33. The number of amides is 1. The SMILES string of the molecule is C=CC(=O)Nc1cc(Cl)cc(C)c1Nc1ncc2cc(-c3c(Cl)c(O)cc(OC)c3Cl)ccc2n1. The Morgan fingerprint density at radius 3 is 2.63 bits per heavy atom. The second-order valence-corrected chi connectivity index (χ2v) is 8.72. The van der Waals surface area contributed by atoms with Crippen LogP contribution in [0.3, 0.4) is 0 Å². The summed E-state index contributed by atoms with van der Waals surface area (Å²) >= 11 is 19.0. The molecular formula is C25H19Cl3N4O3. The summed E-state index contributed by atoms with van der Waals surface area (Å²) in [5.41, 5.74) is 3.61. The molecule has 0 aliphatic rings. The minimum absolute atomic E-state index is 0.113. The lowest BCUT2D eigenvalue weighted by atomic mass is 10.0. The van der Waals surface area contributed by atoms with Crippen LogP contribution in [0.4, 0.5) is 17.3 Å². The van der Waals surface area contributed by atoms with Crippen LogP contribution in [0.1, 0.15) is 5.56 Å². The number of ether oxygens (including phenoxy) is 1. The highest BCUT2D eigenvalue weighted by Gasteiger charge is 2.18. The second-order valence-electron chi connectivity index (χ2n) is 7.53. The molecule has 0 radical (unpaired) electrons. The number of carbonyl (C=O) groups is 1. The molecule has 0 spiro atoms. The molecule has 0 atom stereocenters. The van der Waals surface area contributed by atoms with Gasteiger partial charge in [0, 0.05) is 28.2 Å². The first-order valence-electron chi connectivity index (χ1n) is 10.2. The number of nitrogens with one attached hydrogen (secondary N) is 2. The molecule has 178 valence electrons. The van der Waals surface area contributed by atoms with Gasteiger partial charge in [0.1, 0.15) is 11.5 Å². The van der Waals surface area contributed by atoms with Crippen LogP contribution in [0.15, 0.2) is 55.3 Å². The molecule has 3 N–H and O–H groups in total. The van der Waals surface area contributed by atoms with Crippen molar-refractivity contribution in [2.24, 2.45) is 0 Å². The molecule has 4 aromatic rings. The minimum atomic E-state index is -0.373. The van der Waals surface area contributed by atoms with Crippen molar-refractivity contribution >= 4 is 68.9 Å². The van der Waals surface area contributed by atoms with E-state index in [-0.39, 0.29) is 21.7 Å². The second kappa shape index (κ2) is 10.00. The monoisotopic (exact) mass is 528 g/mol. The van der Waals surface area contributed by atoms with Gasteiger partial charge in [-0.1, -0.05) is 47.4 Å². The Morgan fingerprint density at radius 1 is 1.14 bits per heavy atom. The quantitative estimate of drug-likeness (QED) is 0.230. The maximum atomic E-state index is 11.9. The van der Waals surface area contributed by atoms with Gasteiger partial charge in [0.2, 0.25) is 11.9 Å². The molecule has 1 aromatic heterocycles. The van der Waals surface area contributed by atoms with Crippen molar-refractivity contribution in [1.82, 2.24) is 9.97 Å². The average molecular weight is 530 g/mol. The van der Waals surface area contributed by atoms with Gasteiger partial charge in [0.25, 0.3) is 0 Å². The molecule has 3 aromatic carbocycles. The third-order valence-corrected chi connectivity index (χ3v) is 6.19. The lowest BCUT2D eigenvalue weighted by Gasteiger charge is -2.15. The number of aromatic nitrogens is 2. The van der Waals surface area contributed by atoms with E-state index in [4.69, 9.17) is 39.5 Å². The molecule has 0 unspecified atom stereocenters. The molecule has 0 bridgehead atoms.